The van der Waals surface area contributed by atoms with Gasteiger partial charge in [0.15, 0.2) is 0 Å². The van der Waals surface area contributed by atoms with Crippen LogP contribution in [0.1, 0.15) is 69.2 Å². The zero-order chi connectivity index (χ0) is 32.8. The second-order valence-electron chi connectivity index (χ2n) is 11.3. The second kappa shape index (κ2) is 21.6. The molecule has 0 saturated carbocycles. The Morgan fingerprint density at radius 1 is 0.660 bits per heavy atom. The molecule has 47 heavy (non-hydrogen) atoms. The third kappa shape index (κ3) is 12.7. The molecule has 260 valence electrons. The van der Waals surface area contributed by atoms with Crippen molar-refractivity contribution in [3.8, 4) is 0 Å². The van der Waals surface area contributed by atoms with Gasteiger partial charge < -0.3 is 0 Å². The van der Waals surface area contributed by atoms with Gasteiger partial charge in [0.1, 0.15) is 0 Å². The van der Waals surface area contributed by atoms with E-state index in [1.54, 1.807) is 35.8 Å². The minimum atomic E-state index is -0.348. The van der Waals surface area contributed by atoms with Crippen LogP contribution in [0.2, 0.25) is 0 Å². The molecule has 0 amide bonds. The number of unbranched alkanes of at least 4 members (excludes halogenated alkanes) is 4. The van der Waals surface area contributed by atoms with Gasteiger partial charge in [0.2, 0.25) is 0 Å². The zero-order valence-corrected chi connectivity index (χ0v) is 31.0. The Balaban J connectivity index is 0.00000552. The number of nitro groups is 2. The third-order valence-electron chi connectivity index (χ3n) is 8.26. The Morgan fingerprint density at radius 2 is 1.09 bits per heavy atom. The van der Waals surface area contributed by atoms with E-state index in [1.165, 1.54) is 22.8 Å². The van der Waals surface area contributed by atoms with E-state index in [4.69, 9.17) is 0 Å². The Morgan fingerprint density at radius 3 is 1.51 bits per heavy atom. The van der Waals surface area contributed by atoms with Gasteiger partial charge in [-0.15, -0.1) is 34.0 Å². The van der Waals surface area contributed by atoms with Crippen LogP contribution in [0.5, 0.6) is 0 Å². The molecule has 0 aliphatic heterocycles. The molecule has 0 saturated heterocycles. The number of hydrogen-bond acceptors (Lipinski definition) is 8. The SMILES string of the molecule is Br.Br.CCN(CCCCCn1c(C)cc(=O)n(CCCCCN(CC)Cc2ccccc2[N+](=O)[O-])c1=O)Cc1ccccc1[N+](=O)[O-]. The molecule has 0 aliphatic rings. The summed E-state index contributed by atoms with van der Waals surface area (Å²) in [6, 6.07) is 15.2. The highest BCUT2D eigenvalue weighted by Gasteiger charge is 2.16. The first-order valence-corrected chi connectivity index (χ1v) is 15.9. The maximum atomic E-state index is 13.2. The minimum absolute atomic E-state index is 0. The monoisotopic (exact) mass is 782 g/mol. The van der Waals surface area contributed by atoms with Gasteiger partial charge in [-0.1, -0.05) is 63.1 Å². The van der Waals surface area contributed by atoms with Crippen molar-refractivity contribution in [3.63, 3.8) is 0 Å². The van der Waals surface area contributed by atoms with Crippen molar-refractivity contribution < 1.29 is 9.85 Å². The van der Waals surface area contributed by atoms with Crippen molar-refractivity contribution >= 4 is 45.3 Å². The molecule has 0 radical (unpaired) electrons. The van der Waals surface area contributed by atoms with Gasteiger partial charge in [-0.2, -0.15) is 0 Å². The van der Waals surface area contributed by atoms with Crippen molar-refractivity contribution in [2.75, 3.05) is 26.2 Å². The molecule has 3 rings (SSSR count). The highest BCUT2D eigenvalue weighted by molar-refractivity contribution is 8.93. The van der Waals surface area contributed by atoms with Crippen molar-refractivity contribution in [1.29, 1.82) is 0 Å². The fourth-order valence-corrected chi connectivity index (χ4v) is 5.59. The first kappa shape index (κ1) is 41.8. The van der Waals surface area contributed by atoms with Gasteiger partial charge in [0.25, 0.3) is 16.9 Å². The van der Waals surface area contributed by atoms with E-state index in [1.807, 2.05) is 26.0 Å². The molecule has 1 aromatic heterocycles. The quantitative estimate of drug-likeness (QED) is 0.0704. The molecule has 0 aliphatic carbocycles. The van der Waals surface area contributed by atoms with Crippen LogP contribution >= 0.6 is 34.0 Å². The number of halogens is 2. The molecule has 1 heterocycles. The molecular formula is C33H48Br2N6O6. The lowest BCUT2D eigenvalue weighted by Crippen LogP contribution is -2.40. The summed E-state index contributed by atoms with van der Waals surface area (Å²) in [5, 5.41) is 22.7. The summed E-state index contributed by atoms with van der Waals surface area (Å²) in [6.07, 6.45) is 4.94. The molecular weight excluding hydrogens is 736 g/mol. The third-order valence-corrected chi connectivity index (χ3v) is 8.26. The molecule has 0 N–H and O–H groups in total. The van der Waals surface area contributed by atoms with E-state index in [2.05, 4.69) is 9.80 Å². The van der Waals surface area contributed by atoms with Crippen molar-refractivity contribution in [3.05, 3.63) is 112 Å². The lowest BCUT2D eigenvalue weighted by molar-refractivity contribution is -0.385. The lowest BCUT2D eigenvalue weighted by Gasteiger charge is -2.20. The average Bonchev–Trinajstić information content (AvgIpc) is 3.02. The molecule has 12 nitrogen and oxygen atoms in total. The predicted octanol–water partition coefficient (Wildman–Crippen LogP) is 6.68. The van der Waals surface area contributed by atoms with Crippen molar-refractivity contribution in [2.24, 2.45) is 0 Å². The van der Waals surface area contributed by atoms with E-state index >= 15 is 0 Å². The number of nitrogens with zero attached hydrogens (tertiary/aromatic N) is 6. The van der Waals surface area contributed by atoms with E-state index < -0.39 is 0 Å². The number of aromatic nitrogens is 2. The largest absolute Gasteiger partial charge is 0.331 e. The fourth-order valence-electron chi connectivity index (χ4n) is 5.59. The summed E-state index contributed by atoms with van der Waals surface area (Å²) in [5.74, 6) is 0. The number of hydrogen-bond donors (Lipinski definition) is 0. The van der Waals surface area contributed by atoms with Gasteiger partial charge >= 0.3 is 5.69 Å². The number of nitro benzene ring substituents is 2. The molecule has 0 unspecified atom stereocenters. The van der Waals surface area contributed by atoms with Crippen LogP contribution in [0.15, 0.2) is 64.2 Å². The first-order valence-electron chi connectivity index (χ1n) is 15.9. The molecule has 3 aromatic rings. The normalized spacial score (nSPS) is 10.9. The van der Waals surface area contributed by atoms with E-state index in [9.17, 15) is 29.8 Å². The van der Waals surface area contributed by atoms with Gasteiger partial charge in [-0.05, 0) is 58.8 Å². The minimum Gasteiger partial charge on any atom is -0.299 e. The first-order chi connectivity index (χ1) is 21.7. The number of rotatable bonds is 20. The fraction of sp³-hybridized carbons (Fsp3) is 0.515. The summed E-state index contributed by atoms with van der Waals surface area (Å²) >= 11 is 0. The predicted molar refractivity (Wildman–Crippen MR) is 196 cm³/mol. The molecule has 14 heteroatoms. The smallest absolute Gasteiger partial charge is 0.299 e. The summed E-state index contributed by atoms with van der Waals surface area (Å²) in [4.78, 5) is 52.2. The van der Waals surface area contributed by atoms with E-state index in [0.717, 1.165) is 58.3 Å². The molecule has 0 fully saturated rings. The van der Waals surface area contributed by atoms with Crippen molar-refractivity contribution in [1.82, 2.24) is 18.9 Å². The van der Waals surface area contributed by atoms with Crippen LogP contribution in [-0.2, 0) is 26.2 Å². The van der Waals surface area contributed by atoms with E-state index in [-0.39, 0.29) is 66.4 Å². The summed E-state index contributed by atoms with van der Waals surface area (Å²) in [6.45, 7) is 10.9. The molecule has 0 bridgehead atoms. The highest BCUT2D eigenvalue weighted by atomic mass is 79.9. The summed E-state index contributed by atoms with van der Waals surface area (Å²) in [7, 11) is 0. The number of aryl methyl sites for hydroxylation is 1. The second-order valence-corrected chi connectivity index (χ2v) is 11.3. The average molecular weight is 785 g/mol. The number of benzene rings is 2. The molecule has 0 spiro atoms. The van der Waals surface area contributed by atoms with Gasteiger partial charge in [0.05, 0.1) is 9.85 Å². The van der Waals surface area contributed by atoms with E-state index in [0.29, 0.717) is 49.4 Å². The maximum Gasteiger partial charge on any atom is 0.331 e. The number of para-hydroxylation sites is 2. The van der Waals surface area contributed by atoms with Crippen LogP contribution in [-0.4, -0.2) is 55.0 Å². The Bertz CT molecular complexity index is 1550. The van der Waals surface area contributed by atoms with Crippen LogP contribution in [0.25, 0.3) is 0 Å². The lowest BCUT2D eigenvalue weighted by atomic mass is 10.1. The Hall–Kier alpha value is -3.20. The van der Waals surface area contributed by atoms with Crippen LogP contribution in [0.4, 0.5) is 11.4 Å². The highest BCUT2D eigenvalue weighted by Crippen LogP contribution is 2.21. The van der Waals surface area contributed by atoms with Gasteiger partial charge in [-0.25, -0.2) is 4.79 Å². The van der Waals surface area contributed by atoms with Crippen LogP contribution in [0, 0.1) is 27.2 Å². The van der Waals surface area contributed by atoms with Gasteiger partial charge in [0, 0.05) is 61.2 Å². The van der Waals surface area contributed by atoms with Crippen molar-refractivity contribution in [2.45, 2.75) is 85.5 Å². The molecule has 0 atom stereocenters. The Labute approximate surface area is 297 Å². The standard InChI is InChI=1S/C33H46N6O6.2BrH/c1-4-34(25-28-16-8-10-18-30(28)38(42)43)20-12-6-14-22-36-27(3)24-32(40)37(33(36)41)23-15-7-13-21-35(5-2)26-29-17-9-11-19-31(29)39(44)45;;/h8-11,16-19,24H,4-7,12-15,20-23,25-26H2,1-3H3;2*1H. The molecule has 2 aromatic carbocycles. The summed E-state index contributed by atoms with van der Waals surface area (Å²) < 4.78 is 3.00. The summed E-state index contributed by atoms with van der Waals surface area (Å²) in [5.41, 5.74) is 1.76. The topological polar surface area (TPSA) is 137 Å². The van der Waals surface area contributed by atoms with Crippen LogP contribution < -0.4 is 11.2 Å². The Kier molecular flexibility index (Phi) is 19.2. The zero-order valence-electron chi connectivity index (χ0n) is 27.5. The maximum absolute atomic E-state index is 13.2. The van der Waals surface area contributed by atoms with Crippen LogP contribution in [0.3, 0.4) is 0 Å². The van der Waals surface area contributed by atoms with Gasteiger partial charge in [-0.3, -0.25) is 44.0 Å².